The molecular formula is C16H32. The van der Waals surface area contributed by atoms with Crippen LogP contribution in [0.5, 0.6) is 0 Å². The first-order valence-corrected chi connectivity index (χ1v) is 7.50. The molecule has 0 aromatic rings. The van der Waals surface area contributed by atoms with E-state index in [1.807, 2.05) is 0 Å². The van der Waals surface area contributed by atoms with Crippen molar-refractivity contribution in [1.29, 1.82) is 0 Å². The number of unbranched alkanes of at least 4 members (excludes halogenated alkanes) is 4. The van der Waals surface area contributed by atoms with E-state index in [9.17, 15) is 0 Å². The molecular weight excluding hydrogens is 192 g/mol. The summed E-state index contributed by atoms with van der Waals surface area (Å²) in [5.74, 6) is 0.959. The number of hydrogen-bond donors (Lipinski definition) is 0. The lowest BCUT2D eigenvalue weighted by Crippen LogP contribution is -1.99. The summed E-state index contributed by atoms with van der Waals surface area (Å²) in [4.78, 5) is 0. The normalized spacial score (nSPS) is 11.8. The van der Waals surface area contributed by atoms with E-state index in [1.54, 1.807) is 0 Å². The Morgan fingerprint density at radius 2 is 1.31 bits per heavy atom. The fraction of sp³-hybridized carbons (Fsp3) is 0.875. The molecule has 0 nitrogen and oxygen atoms in total. The van der Waals surface area contributed by atoms with E-state index in [1.165, 1.54) is 64.2 Å². The average Bonchev–Trinajstić information content (AvgIpc) is 2.29. The number of rotatable bonds is 11. The van der Waals surface area contributed by atoms with Crippen LogP contribution in [-0.4, -0.2) is 0 Å². The number of allylic oxidation sites excluding steroid dienone is 2. The van der Waals surface area contributed by atoms with E-state index in [0.717, 1.165) is 5.92 Å². The molecule has 0 unspecified atom stereocenters. The summed E-state index contributed by atoms with van der Waals surface area (Å²) in [7, 11) is 0. The fourth-order valence-corrected chi connectivity index (χ4v) is 2.20. The van der Waals surface area contributed by atoms with Crippen LogP contribution in [0.4, 0.5) is 0 Å². The van der Waals surface area contributed by atoms with Gasteiger partial charge in [0.05, 0.1) is 0 Å². The van der Waals surface area contributed by atoms with Crippen LogP contribution in [0.3, 0.4) is 0 Å². The first-order valence-electron chi connectivity index (χ1n) is 7.50. The molecule has 0 saturated heterocycles. The van der Waals surface area contributed by atoms with Crippen molar-refractivity contribution in [2.75, 3.05) is 0 Å². The lowest BCUT2D eigenvalue weighted by Gasteiger charge is -2.14. The first-order chi connectivity index (χ1) is 7.85. The van der Waals surface area contributed by atoms with Crippen LogP contribution in [0.2, 0.25) is 0 Å². The SMILES string of the molecule is CC/C=C\CC(CCCCC)CCCCC. The Morgan fingerprint density at radius 1 is 0.750 bits per heavy atom. The quantitative estimate of drug-likeness (QED) is 0.293. The monoisotopic (exact) mass is 224 g/mol. The summed E-state index contributed by atoms with van der Waals surface area (Å²) >= 11 is 0. The Kier molecular flexibility index (Phi) is 12.6. The van der Waals surface area contributed by atoms with Gasteiger partial charge in [-0.25, -0.2) is 0 Å². The first kappa shape index (κ1) is 15.7. The lowest BCUT2D eigenvalue weighted by molar-refractivity contribution is 0.414. The van der Waals surface area contributed by atoms with E-state index in [2.05, 4.69) is 32.9 Å². The fourth-order valence-electron chi connectivity index (χ4n) is 2.20. The van der Waals surface area contributed by atoms with Crippen LogP contribution in [0.15, 0.2) is 12.2 Å². The molecule has 0 fully saturated rings. The summed E-state index contributed by atoms with van der Waals surface area (Å²) in [5.41, 5.74) is 0. The van der Waals surface area contributed by atoms with Gasteiger partial charge in [0.25, 0.3) is 0 Å². The molecule has 0 rings (SSSR count). The maximum Gasteiger partial charge on any atom is -0.0322 e. The van der Waals surface area contributed by atoms with E-state index in [4.69, 9.17) is 0 Å². The van der Waals surface area contributed by atoms with Crippen molar-refractivity contribution in [2.24, 2.45) is 5.92 Å². The minimum atomic E-state index is 0.959. The second-order valence-electron chi connectivity index (χ2n) is 4.97. The molecule has 0 radical (unpaired) electrons. The van der Waals surface area contributed by atoms with Gasteiger partial charge in [-0.1, -0.05) is 84.3 Å². The third kappa shape index (κ3) is 10.3. The highest BCUT2D eigenvalue weighted by molar-refractivity contribution is 4.82. The molecule has 0 aromatic heterocycles. The molecule has 0 heterocycles. The second-order valence-corrected chi connectivity index (χ2v) is 4.97. The van der Waals surface area contributed by atoms with Gasteiger partial charge in [-0.2, -0.15) is 0 Å². The van der Waals surface area contributed by atoms with Crippen molar-refractivity contribution in [1.82, 2.24) is 0 Å². The summed E-state index contributed by atoms with van der Waals surface area (Å²) < 4.78 is 0. The van der Waals surface area contributed by atoms with Gasteiger partial charge in [-0.05, 0) is 18.8 Å². The molecule has 0 spiro atoms. The van der Waals surface area contributed by atoms with Gasteiger partial charge >= 0.3 is 0 Å². The molecule has 0 heteroatoms. The Balaban J connectivity index is 3.71. The van der Waals surface area contributed by atoms with Crippen molar-refractivity contribution in [3.05, 3.63) is 12.2 Å². The van der Waals surface area contributed by atoms with Gasteiger partial charge in [0.1, 0.15) is 0 Å². The van der Waals surface area contributed by atoms with Gasteiger partial charge in [0, 0.05) is 0 Å². The summed E-state index contributed by atoms with van der Waals surface area (Å²) in [6.45, 7) is 6.81. The van der Waals surface area contributed by atoms with E-state index in [0.29, 0.717) is 0 Å². The van der Waals surface area contributed by atoms with Crippen molar-refractivity contribution in [2.45, 2.75) is 85.0 Å². The van der Waals surface area contributed by atoms with E-state index in [-0.39, 0.29) is 0 Å². The summed E-state index contributed by atoms with van der Waals surface area (Å²) in [6, 6.07) is 0. The summed E-state index contributed by atoms with van der Waals surface area (Å²) in [6.07, 6.45) is 18.6. The Bertz CT molecular complexity index is 136. The molecule has 0 aliphatic rings. The van der Waals surface area contributed by atoms with Gasteiger partial charge < -0.3 is 0 Å². The highest BCUT2D eigenvalue weighted by Gasteiger charge is 2.06. The predicted octanol–water partition coefficient (Wildman–Crippen LogP) is 6.12. The zero-order chi connectivity index (χ0) is 12.1. The van der Waals surface area contributed by atoms with Crippen LogP contribution in [0.1, 0.15) is 85.0 Å². The minimum absolute atomic E-state index is 0.959. The largest absolute Gasteiger partial charge is 0.0888 e. The Morgan fingerprint density at radius 3 is 1.75 bits per heavy atom. The zero-order valence-electron chi connectivity index (χ0n) is 11.8. The van der Waals surface area contributed by atoms with Gasteiger partial charge in [-0.3, -0.25) is 0 Å². The van der Waals surface area contributed by atoms with Gasteiger partial charge in [-0.15, -0.1) is 0 Å². The van der Waals surface area contributed by atoms with Gasteiger partial charge in [0.2, 0.25) is 0 Å². The molecule has 16 heavy (non-hydrogen) atoms. The third-order valence-electron chi connectivity index (χ3n) is 3.30. The van der Waals surface area contributed by atoms with Crippen LogP contribution in [-0.2, 0) is 0 Å². The van der Waals surface area contributed by atoms with Crippen LogP contribution < -0.4 is 0 Å². The minimum Gasteiger partial charge on any atom is -0.0888 e. The molecule has 96 valence electrons. The molecule has 0 aliphatic heterocycles. The zero-order valence-corrected chi connectivity index (χ0v) is 11.8. The van der Waals surface area contributed by atoms with Crippen molar-refractivity contribution in [3.63, 3.8) is 0 Å². The number of hydrogen-bond acceptors (Lipinski definition) is 0. The molecule has 0 atom stereocenters. The Labute approximate surface area is 104 Å². The summed E-state index contributed by atoms with van der Waals surface area (Å²) in [5, 5.41) is 0. The van der Waals surface area contributed by atoms with Crippen molar-refractivity contribution >= 4 is 0 Å². The van der Waals surface area contributed by atoms with Crippen LogP contribution >= 0.6 is 0 Å². The predicted molar refractivity (Wildman–Crippen MR) is 75.8 cm³/mol. The maximum absolute atomic E-state index is 2.41. The molecule has 0 N–H and O–H groups in total. The second kappa shape index (κ2) is 12.8. The topological polar surface area (TPSA) is 0 Å². The molecule has 0 saturated carbocycles. The molecule has 0 amide bonds. The molecule has 0 aromatic carbocycles. The average molecular weight is 224 g/mol. The van der Waals surface area contributed by atoms with Crippen molar-refractivity contribution < 1.29 is 0 Å². The maximum atomic E-state index is 2.41. The van der Waals surface area contributed by atoms with Crippen molar-refractivity contribution in [3.8, 4) is 0 Å². The Hall–Kier alpha value is -0.260. The van der Waals surface area contributed by atoms with E-state index < -0.39 is 0 Å². The molecule has 0 bridgehead atoms. The smallest absolute Gasteiger partial charge is 0.0322 e. The standard InChI is InChI=1S/C16H32/c1-4-7-10-13-16(14-11-8-5-2)15-12-9-6-3/h7,10,16H,4-6,8-9,11-15H2,1-3H3/b10-7-. The highest BCUT2D eigenvalue weighted by atomic mass is 14.1. The lowest BCUT2D eigenvalue weighted by atomic mass is 9.92. The van der Waals surface area contributed by atoms with Crippen LogP contribution in [0, 0.1) is 5.92 Å². The van der Waals surface area contributed by atoms with Crippen LogP contribution in [0.25, 0.3) is 0 Å². The highest BCUT2D eigenvalue weighted by Crippen LogP contribution is 2.21. The molecule has 0 aliphatic carbocycles. The van der Waals surface area contributed by atoms with Gasteiger partial charge in [0.15, 0.2) is 0 Å². The van der Waals surface area contributed by atoms with E-state index >= 15 is 0 Å². The third-order valence-corrected chi connectivity index (χ3v) is 3.30.